The van der Waals surface area contributed by atoms with Crippen LogP contribution in [0.2, 0.25) is 0 Å². The van der Waals surface area contributed by atoms with Gasteiger partial charge in [0.1, 0.15) is 17.3 Å². The quantitative estimate of drug-likeness (QED) is 0.343. The molecule has 0 spiro atoms. The predicted molar refractivity (Wildman–Crippen MR) is 149 cm³/mol. The molecule has 1 fully saturated rings. The summed E-state index contributed by atoms with van der Waals surface area (Å²) in [5.41, 5.74) is 2.78. The van der Waals surface area contributed by atoms with Gasteiger partial charge in [0, 0.05) is 30.5 Å². The van der Waals surface area contributed by atoms with Gasteiger partial charge in [-0.25, -0.2) is 4.98 Å². The molecule has 1 aliphatic heterocycles. The highest BCUT2D eigenvalue weighted by molar-refractivity contribution is 5.84. The predicted octanol–water partition coefficient (Wildman–Crippen LogP) is 5.64. The van der Waals surface area contributed by atoms with Gasteiger partial charge < -0.3 is 20.1 Å². The second-order valence-corrected chi connectivity index (χ2v) is 10.1. The molecule has 192 valence electrons. The number of benzene rings is 3. The van der Waals surface area contributed by atoms with Crippen LogP contribution in [-0.4, -0.2) is 45.8 Å². The third-order valence-electron chi connectivity index (χ3n) is 7.20. The third kappa shape index (κ3) is 5.32. The molecule has 2 heterocycles. The molecule has 7 nitrogen and oxygen atoms in total. The summed E-state index contributed by atoms with van der Waals surface area (Å²) in [6.45, 7) is 7.03. The van der Waals surface area contributed by atoms with Crippen molar-refractivity contribution in [3.8, 4) is 22.9 Å². The van der Waals surface area contributed by atoms with Gasteiger partial charge in [-0.3, -0.25) is 9.36 Å². The first-order valence-corrected chi connectivity index (χ1v) is 12.9. The van der Waals surface area contributed by atoms with Crippen LogP contribution in [0.3, 0.4) is 0 Å². The zero-order valence-electron chi connectivity index (χ0n) is 21.6. The molecule has 4 aromatic rings. The Balaban J connectivity index is 1.56. The van der Waals surface area contributed by atoms with Gasteiger partial charge in [-0.05, 0) is 93.7 Å². The Kier molecular flexibility index (Phi) is 7.15. The number of phenolic OH excluding ortho intramolecular Hbond substituents is 1. The van der Waals surface area contributed by atoms with Gasteiger partial charge in [0.05, 0.1) is 23.6 Å². The minimum Gasteiger partial charge on any atom is -0.507 e. The maximum Gasteiger partial charge on any atom is 0.261 e. The number of aromatic nitrogens is 2. The zero-order valence-corrected chi connectivity index (χ0v) is 21.6. The Hall–Kier alpha value is -3.84. The van der Waals surface area contributed by atoms with Crippen LogP contribution in [0.4, 0.5) is 11.4 Å². The number of piperidine rings is 1. The van der Waals surface area contributed by atoms with Crippen LogP contribution in [0, 0.1) is 5.92 Å². The minimum absolute atomic E-state index is 0.0942. The van der Waals surface area contributed by atoms with Crippen LogP contribution < -0.4 is 15.6 Å². The molecular weight excluding hydrogens is 464 g/mol. The maximum atomic E-state index is 14.0. The maximum absolute atomic E-state index is 14.0. The van der Waals surface area contributed by atoms with E-state index in [1.54, 1.807) is 23.8 Å². The second-order valence-electron chi connectivity index (χ2n) is 10.1. The van der Waals surface area contributed by atoms with Crippen molar-refractivity contribution in [1.29, 1.82) is 0 Å². The van der Waals surface area contributed by atoms with Crippen LogP contribution >= 0.6 is 0 Å². The van der Waals surface area contributed by atoms with Crippen LogP contribution in [0.1, 0.15) is 26.7 Å². The number of para-hydroxylation sites is 1. The standard InChI is InChI=1S/C30H34N4O3/c1-20(2)33-16-6-7-21(18-33)19-34-29(25-8-4-5-9-28(25)35)32-27-15-12-23(17-26(27)30(34)36)31-22-10-13-24(37-3)14-11-22/h4-5,8-15,17,20-21,31,35H,6-7,16,18-19H2,1-3H3. The summed E-state index contributed by atoms with van der Waals surface area (Å²) in [5.74, 6) is 1.74. The normalized spacial score (nSPS) is 16.3. The molecule has 0 radical (unpaired) electrons. The lowest BCUT2D eigenvalue weighted by Crippen LogP contribution is -2.42. The fraction of sp³-hybridized carbons (Fsp3) is 0.333. The molecule has 0 aliphatic carbocycles. The smallest absolute Gasteiger partial charge is 0.261 e. The van der Waals surface area contributed by atoms with E-state index in [4.69, 9.17) is 9.72 Å². The van der Waals surface area contributed by atoms with E-state index in [1.165, 1.54) is 0 Å². The van der Waals surface area contributed by atoms with Gasteiger partial charge in [-0.2, -0.15) is 0 Å². The monoisotopic (exact) mass is 498 g/mol. The van der Waals surface area contributed by atoms with E-state index in [1.807, 2.05) is 54.6 Å². The summed E-state index contributed by atoms with van der Waals surface area (Å²) in [5, 5.41) is 14.6. The highest BCUT2D eigenvalue weighted by atomic mass is 16.5. The third-order valence-corrected chi connectivity index (χ3v) is 7.20. The van der Waals surface area contributed by atoms with Crippen LogP contribution in [0.25, 0.3) is 22.3 Å². The lowest BCUT2D eigenvalue weighted by molar-refractivity contribution is 0.130. The van der Waals surface area contributed by atoms with E-state index in [-0.39, 0.29) is 11.3 Å². The van der Waals surface area contributed by atoms with E-state index in [0.717, 1.165) is 43.1 Å². The molecule has 3 aromatic carbocycles. The molecule has 1 atom stereocenters. The largest absolute Gasteiger partial charge is 0.507 e. The first kappa shape index (κ1) is 24.8. The van der Waals surface area contributed by atoms with Crippen molar-refractivity contribution in [2.24, 2.45) is 5.92 Å². The Morgan fingerprint density at radius 1 is 1.08 bits per heavy atom. The summed E-state index contributed by atoms with van der Waals surface area (Å²) in [7, 11) is 1.64. The van der Waals surface area contributed by atoms with Gasteiger partial charge in [-0.15, -0.1) is 0 Å². The van der Waals surface area contributed by atoms with E-state index in [2.05, 4.69) is 24.1 Å². The summed E-state index contributed by atoms with van der Waals surface area (Å²) >= 11 is 0. The van der Waals surface area contributed by atoms with Crippen LogP contribution in [0.5, 0.6) is 11.5 Å². The van der Waals surface area contributed by atoms with Gasteiger partial charge in [0.25, 0.3) is 5.56 Å². The first-order valence-electron chi connectivity index (χ1n) is 12.9. The number of nitrogens with zero attached hydrogens (tertiary/aromatic N) is 3. The molecule has 1 aromatic heterocycles. The van der Waals surface area contributed by atoms with Crippen LogP contribution in [-0.2, 0) is 6.54 Å². The molecule has 1 saturated heterocycles. The van der Waals surface area contributed by atoms with E-state index >= 15 is 0 Å². The van der Waals surface area contributed by atoms with E-state index in [9.17, 15) is 9.90 Å². The number of likely N-dealkylation sites (tertiary alicyclic amines) is 1. The van der Waals surface area contributed by atoms with Crippen molar-refractivity contribution < 1.29 is 9.84 Å². The van der Waals surface area contributed by atoms with Crippen molar-refractivity contribution in [1.82, 2.24) is 14.5 Å². The number of hydrogen-bond acceptors (Lipinski definition) is 6. The number of nitrogens with one attached hydrogen (secondary N) is 1. The fourth-order valence-electron chi connectivity index (χ4n) is 5.15. The molecule has 37 heavy (non-hydrogen) atoms. The number of rotatable bonds is 7. The summed E-state index contributed by atoms with van der Waals surface area (Å²) in [6, 6.07) is 20.9. The molecule has 1 aliphatic rings. The number of aromatic hydroxyl groups is 1. The molecule has 1 unspecified atom stereocenters. The zero-order chi connectivity index (χ0) is 25.9. The Labute approximate surface area is 217 Å². The molecule has 0 amide bonds. The number of fused-ring (bicyclic) bond motifs is 1. The molecule has 7 heteroatoms. The number of hydrogen-bond donors (Lipinski definition) is 2. The molecule has 0 saturated carbocycles. The van der Waals surface area contributed by atoms with Gasteiger partial charge in [0.15, 0.2) is 0 Å². The van der Waals surface area contributed by atoms with E-state index in [0.29, 0.717) is 40.8 Å². The van der Waals surface area contributed by atoms with Crippen molar-refractivity contribution in [3.05, 3.63) is 77.1 Å². The lowest BCUT2D eigenvalue weighted by Gasteiger charge is -2.35. The summed E-state index contributed by atoms with van der Waals surface area (Å²) in [4.78, 5) is 21.4. The summed E-state index contributed by atoms with van der Waals surface area (Å²) < 4.78 is 7.01. The molecule has 2 N–H and O–H groups in total. The van der Waals surface area contributed by atoms with Gasteiger partial charge in [-0.1, -0.05) is 12.1 Å². The Morgan fingerprint density at radius 2 is 1.84 bits per heavy atom. The number of phenols is 1. The highest BCUT2D eigenvalue weighted by Crippen LogP contribution is 2.30. The molecular formula is C30H34N4O3. The van der Waals surface area contributed by atoms with Gasteiger partial charge in [0.2, 0.25) is 0 Å². The molecule has 0 bridgehead atoms. The topological polar surface area (TPSA) is 79.6 Å². The fourth-order valence-corrected chi connectivity index (χ4v) is 5.15. The number of anilines is 2. The first-order chi connectivity index (χ1) is 17.9. The number of methoxy groups -OCH3 is 1. The van der Waals surface area contributed by atoms with Crippen LogP contribution in [0.15, 0.2) is 71.5 Å². The molecule has 5 rings (SSSR count). The minimum atomic E-state index is -0.0942. The van der Waals surface area contributed by atoms with Crippen molar-refractivity contribution in [3.63, 3.8) is 0 Å². The SMILES string of the molecule is COc1ccc(Nc2ccc3nc(-c4ccccc4O)n(CC4CCCN(C(C)C)C4)c(=O)c3c2)cc1. The van der Waals surface area contributed by atoms with Crippen molar-refractivity contribution in [2.45, 2.75) is 39.3 Å². The lowest BCUT2D eigenvalue weighted by atomic mass is 9.96. The second kappa shape index (κ2) is 10.6. The number of ether oxygens (including phenoxy) is 1. The average molecular weight is 499 g/mol. The Bertz CT molecular complexity index is 1450. The highest BCUT2D eigenvalue weighted by Gasteiger charge is 2.25. The Morgan fingerprint density at radius 3 is 2.57 bits per heavy atom. The van der Waals surface area contributed by atoms with Crippen molar-refractivity contribution in [2.75, 3.05) is 25.5 Å². The average Bonchev–Trinajstić information content (AvgIpc) is 2.91. The van der Waals surface area contributed by atoms with E-state index < -0.39 is 0 Å². The van der Waals surface area contributed by atoms with Crippen molar-refractivity contribution >= 4 is 22.3 Å². The van der Waals surface area contributed by atoms with Gasteiger partial charge >= 0.3 is 0 Å². The summed E-state index contributed by atoms with van der Waals surface area (Å²) in [6.07, 6.45) is 2.17.